The Morgan fingerprint density at radius 2 is 2.09 bits per heavy atom. The zero-order valence-corrected chi connectivity index (χ0v) is 18.9. The summed E-state index contributed by atoms with van der Waals surface area (Å²) in [7, 11) is 0. The average Bonchev–Trinajstić information content (AvgIpc) is 2.76. The van der Waals surface area contributed by atoms with Gasteiger partial charge in [-0.15, -0.1) is 11.8 Å². The number of hydrogen-bond donors (Lipinski definition) is 3. The smallest absolute Gasteiger partial charge is 0.410 e. The number of aromatic hydroxyl groups is 1. The van der Waals surface area contributed by atoms with Gasteiger partial charge in [-0.25, -0.2) is 14.2 Å². The third-order valence-electron chi connectivity index (χ3n) is 4.77. The van der Waals surface area contributed by atoms with E-state index in [9.17, 15) is 14.3 Å². The number of piperidine rings is 1. The van der Waals surface area contributed by atoms with E-state index in [1.54, 1.807) is 23.1 Å². The van der Waals surface area contributed by atoms with Crippen LogP contribution >= 0.6 is 11.8 Å². The molecule has 10 heteroatoms. The summed E-state index contributed by atoms with van der Waals surface area (Å²) in [6.07, 6.45) is 1.98. The van der Waals surface area contributed by atoms with E-state index >= 15 is 0 Å². The number of hydrogen-bond acceptors (Lipinski definition) is 8. The molecule has 1 aromatic heterocycles. The van der Waals surface area contributed by atoms with Crippen LogP contribution in [0.5, 0.6) is 11.5 Å². The number of likely N-dealkylation sites (tertiary alicyclic amines) is 1. The number of halogens is 1. The molecule has 0 saturated carbocycles. The van der Waals surface area contributed by atoms with Crippen LogP contribution in [-0.4, -0.2) is 63.8 Å². The molecule has 1 aromatic carbocycles. The normalized spacial score (nSPS) is 14.5. The van der Waals surface area contributed by atoms with Crippen molar-refractivity contribution in [2.75, 3.05) is 30.8 Å². The SMILES string of the molecule is CC(C)OC(=O)N1CCC(Oc2ccnc(Nc3ccc(SCCO)cc3F)c2O)CC1. The molecule has 1 fully saturated rings. The number of rotatable bonds is 8. The molecule has 1 aliphatic heterocycles. The first-order chi connectivity index (χ1) is 15.4. The molecule has 8 nitrogen and oxygen atoms in total. The second-order valence-corrected chi connectivity index (χ2v) is 8.75. The van der Waals surface area contributed by atoms with Crippen molar-refractivity contribution in [2.24, 2.45) is 0 Å². The van der Waals surface area contributed by atoms with Crippen LogP contribution in [0.2, 0.25) is 0 Å². The standard InChI is InChI=1S/C22H28FN3O5S/c1-14(2)30-22(29)26-9-6-15(7-10-26)31-19-5-8-24-21(20(19)28)25-18-4-3-16(13-17(18)23)32-12-11-27/h3-5,8,13-15,27-28H,6-7,9-12H2,1-2H3,(H,24,25). The molecule has 3 N–H and O–H groups in total. The largest absolute Gasteiger partial charge is 0.502 e. The number of amides is 1. The molecule has 0 aliphatic carbocycles. The van der Waals surface area contributed by atoms with Gasteiger partial charge in [0.2, 0.25) is 5.75 Å². The first-order valence-corrected chi connectivity index (χ1v) is 11.5. The molecule has 174 valence electrons. The van der Waals surface area contributed by atoms with Gasteiger partial charge < -0.3 is 29.9 Å². The minimum absolute atomic E-state index is 0.0118. The summed E-state index contributed by atoms with van der Waals surface area (Å²) in [5.74, 6) is 0.0796. The van der Waals surface area contributed by atoms with E-state index in [1.165, 1.54) is 24.0 Å². The van der Waals surface area contributed by atoms with Crippen LogP contribution in [0.1, 0.15) is 26.7 Å². The lowest BCUT2D eigenvalue weighted by molar-refractivity contribution is 0.0511. The number of ether oxygens (including phenoxy) is 2. The summed E-state index contributed by atoms with van der Waals surface area (Å²) in [6, 6.07) is 6.18. The number of anilines is 2. The van der Waals surface area contributed by atoms with E-state index in [1.807, 2.05) is 13.8 Å². The van der Waals surface area contributed by atoms with Crippen molar-refractivity contribution in [3.8, 4) is 11.5 Å². The number of pyridine rings is 1. The molecule has 2 heterocycles. The fourth-order valence-corrected chi connectivity index (χ4v) is 3.89. The maximum Gasteiger partial charge on any atom is 0.410 e. The lowest BCUT2D eigenvalue weighted by Gasteiger charge is -2.32. The molecule has 0 bridgehead atoms. The molecule has 0 spiro atoms. The number of benzene rings is 1. The van der Waals surface area contributed by atoms with Gasteiger partial charge in [0, 0.05) is 48.8 Å². The molecular formula is C22H28FN3O5S. The third-order valence-corrected chi connectivity index (χ3v) is 5.75. The zero-order chi connectivity index (χ0) is 23.1. The second-order valence-electron chi connectivity index (χ2n) is 7.58. The lowest BCUT2D eigenvalue weighted by atomic mass is 10.1. The molecule has 1 aliphatic rings. The van der Waals surface area contributed by atoms with Gasteiger partial charge in [0.15, 0.2) is 11.6 Å². The predicted octanol–water partition coefficient (Wildman–Crippen LogP) is 4.14. The van der Waals surface area contributed by atoms with E-state index in [0.29, 0.717) is 36.6 Å². The van der Waals surface area contributed by atoms with Crippen LogP contribution in [0, 0.1) is 5.82 Å². The van der Waals surface area contributed by atoms with Gasteiger partial charge in [-0.1, -0.05) is 0 Å². The minimum Gasteiger partial charge on any atom is -0.502 e. The van der Waals surface area contributed by atoms with Crippen molar-refractivity contribution in [3.05, 3.63) is 36.3 Å². The minimum atomic E-state index is -0.499. The summed E-state index contributed by atoms with van der Waals surface area (Å²) >= 11 is 1.34. The Hall–Kier alpha value is -2.72. The van der Waals surface area contributed by atoms with E-state index in [4.69, 9.17) is 14.6 Å². The maximum absolute atomic E-state index is 14.4. The van der Waals surface area contributed by atoms with E-state index < -0.39 is 5.82 Å². The summed E-state index contributed by atoms with van der Waals surface area (Å²) in [5, 5.41) is 22.3. The molecule has 0 unspecified atom stereocenters. The highest BCUT2D eigenvalue weighted by Crippen LogP contribution is 2.36. The average molecular weight is 466 g/mol. The topological polar surface area (TPSA) is 104 Å². The summed E-state index contributed by atoms with van der Waals surface area (Å²) in [5.41, 5.74) is 0.162. The molecule has 0 atom stereocenters. The Bertz CT molecular complexity index is 922. The zero-order valence-electron chi connectivity index (χ0n) is 18.1. The highest BCUT2D eigenvalue weighted by atomic mass is 32.2. The number of carbonyl (C=O) groups excluding carboxylic acids is 1. The van der Waals surface area contributed by atoms with Gasteiger partial charge in [0.05, 0.1) is 18.4 Å². The lowest BCUT2D eigenvalue weighted by Crippen LogP contribution is -2.42. The second kappa shape index (κ2) is 11.2. The summed E-state index contributed by atoms with van der Waals surface area (Å²) in [4.78, 5) is 18.4. The van der Waals surface area contributed by atoms with Crippen LogP contribution in [-0.2, 0) is 4.74 Å². The van der Waals surface area contributed by atoms with Gasteiger partial charge in [0.1, 0.15) is 11.9 Å². The maximum atomic E-state index is 14.4. The van der Waals surface area contributed by atoms with Crippen molar-refractivity contribution in [1.82, 2.24) is 9.88 Å². The van der Waals surface area contributed by atoms with Crippen LogP contribution < -0.4 is 10.1 Å². The molecular weight excluding hydrogens is 437 g/mol. The quantitative estimate of drug-likeness (QED) is 0.500. The number of carbonyl (C=O) groups is 1. The van der Waals surface area contributed by atoms with Crippen LogP contribution in [0.3, 0.4) is 0 Å². The van der Waals surface area contributed by atoms with Crippen molar-refractivity contribution in [1.29, 1.82) is 0 Å². The highest BCUT2D eigenvalue weighted by Gasteiger charge is 2.26. The molecule has 1 saturated heterocycles. The van der Waals surface area contributed by atoms with Gasteiger partial charge >= 0.3 is 6.09 Å². The van der Waals surface area contributed by atoms with Crippen LogP contribution in [0.25, 0.3) is 0 Å². The van der Waals surface area contributed by atoms with Crippen molar-refractivity contribution in [3.63, 3.8) is 0 Å². The van der Waals surface area contributed by atoms with Crippen molar-refractivity contribution >= 4 is 29.4 Å². The van der Waals surface area contributed by atoms with Gasteiger partial charge in [-0.3, -0.25) is 0 Å². The predicted molar refractivity (Wildman–Crippen MR) is 120 cm³/mol. The van der Waals surface area contributed by atoms with Gasteiger partial charge in [-0.05, 0) is 32.0 Å². The van der Waals surface area contributed by atoms with Gasteiger partial charge in [0.25, 0.3) is 0 Å². The fourth-order valence-electron chi connectivity index (χ4n) is 3.21. The van der Waals surface area contributed by atoms with Gasteiger partial charge in [-0.2, -0.15) is 0 Å². The van der Waals surface area contributed by atoms with Crippen molar-refractivity contribution < 1.29 is 28.9 Å². The Labute approximate surface area is 190 Å². The molecule has 2 aromatic rings. The highest BCUT2D eigenvalue weighted by molar-refractivity contribution is 7.99. The van der Waals surface area contributed by atoms with Crippen molar-refractivity contribution in [2.45, 2.75) is 43.8 Å². The molecule has 1 amide bonds. The number of nitrogens with zero attached hydrogens (tertiary/aromatic N) is 2. The number of nitrogens with one attached hydrogen (secondary N) is 1. The van der Waals surface area contributed by atoms with Crippen LogP contribution in [0.15, 0.2) is 35.4 Å². The summed E-state index contributed by atoms with van der Waals surface area (Å²) < 4.78 is 25.6. The van der Waals surface area contributed by atoms with E-state index in [-0.39, 0.29) is 47.9 Å². The monoisotopic (exact) mass is 465 g/mol. The summed E-state index contributed by atoms with van der Waals surface area (Å²) in [6.45, 7) is 4.63. The Morgan fingerprint density at radius 3 is 2.75 bits per heavy atom. The van der Waals surface area contributed by atoms with E-state index in [2.05, 4.69) is 10.3 Å². The molecule has 3 rings (SSSR count). The fraction of sp³-hybridized carbons (Fsp3) is 0.455. The number of thioether (sulfide) groups is 1. The Morgan fingerprint density at radius 1 is 1.34 bits per heavy atom. The first-order valence-electron chi connectivity index (χ1n) is 10.5. The first kappa shape index (κ1) is 23.9. The van der Waals surface area contributed by atoms with E-state index in [0.717, 1.165) is 0 Å². The number of aliphatic hydroxyl groups is 1. The van der Waals surface area contributed by atoms with Crippen LogP contribution in [0.4, 0.5) is 20.7 Å². The number of aromatic nitrogens is 1. The number of aliphatic hydroxyl groups excluding tert-OH is 1. The third kappa shape index (κ3) is 6.39. The molecule has 0 radical (unpaired) electrons. The Balaban J connectivity index is 1.61. The molecule has 32 heavy (non-hydrogen) atoms. The Kier molecular flexibility index (Phi) is 8.40.